The number of nitrogens with zero attached hydrogens (tertiary/aromatic N) is 1. The van der Waals surface area contributed by atoms with Crippen molar-refractivity contribution in [2.75, 3.05) is 5.32 Å². The number of hydrogen-bond donors (Lipinski definition) is 1. The Bertz CT molecular complexity index is 1590. The maximum atomic E-state index is 15.8. The van der Waals surface area contributed by atoms with Crippen molar-refractivity contribution in [1.29, 1.82) is 0 Å². The van der Waals surface area contributed by atoms with E-state index in [0.29, 0.717) is 12.1 Å². The molecule has 4 rings (SSSR count). The lowest BCUT2D eigenvalue weighted by atomic mass is 9.99. The molecule has 0 saturated carbocycles. The predicted molar refractivity (Wildman–Crippen MR) is 134 cm³/mol. The second-order valence-electron chi connectivity index (χ2n) is 8.36. The Morgan fingerprint density at radius 1 is 0.897 bits per heavy atom. The van der Waals surface area contributed by atoms with E-state index in [0.717, 1.165) is 23.8 Å². The lowest BCUT2D eigenvalue weighted by Gasteiger charge is -2.15. The van der Waals surface area contributed by atoms with Gasteiger partial charge in [-0.15, -0.1) is 0 Å². The zero-order chi connectivity index (χ0) is 28.3. The third kappa shape index (κ3) is 5.93. The van der Waals surface area contributed by atoms with E-state index in [9.17, 15) is 32.9 Å². The molecule has 11 heteroatoms. The van der Waals surface area contributed by atoms with Gasteiger partial charge in [0.05, 0.1) is 16.1 Å². The minimum absolute atomic E-state index is 0.125. The number of hydrogen-bond acceptors (Lipinski definition) is 5. The maximum absolute atomic E-state index is 15.8. The first-order valence-electron chi connectivity index (χ1n) is 11.3. The molecule has 198 valence electrons. The molecule has 4 aromatic rings. The van der Waals surface area contributed by atoms with Crippen LogP contribution >= 0.6 is 0 Å². The number of rotatable bonds is 7. The predicted octanol–water partition coefficient (Wildman–Crippen LogP) is 7.34. The summed E-state index contributed by atoms with van der Waals surface area (Å²) in [5.74, 6) is -3.41. The van der Waals surface area contributed by atoms with E-state index in [4.69, 9.17) is 4.74 Å². The van der Waals surface area contributed by atoms with Crippen molar-refractivity contribution in [3.8, 4) is 11.5 Å². The molecular weight excluding hydrogens is 520 g/mol. The standard InChI is InChI=1S/C28H18F4N2O5/c1-16-6-5-7-17(14-16)25(35)20-11-12-21(26(24(20)29)39-19-8-3-2-4-9-19)27(36)33-18-10-13-23(34(37)38)22(15-18)28(30,31)32/h2-15H,1H3,(H,33,36). The van der Waals surface area contributed by atoms with Crippen LogP contribution in [-0.2, 0) is 6.18 Å². The van der Waals surface area contributed by atoms with Crippen molar-refractivity contribution in [2.45, 2.75) is 13.1 Å². The van der Waals surface area contributed by atoms with E-state index in [1.54, 1.807) is 43.3 Å². The molecule has 0 heterocycles. The minimum Gasteiger partial charge on any atom is -0.453 e. The average molecular weight is 538 g/mol. The largest absolute Gasteiger partial charge is 0.453 e. The van der Waals surface area contributed by atoms with Gasteiger partial charge in [0, 0.05) is 17.3 Å². The number of aryl methyl sites for hydroxylation is 1. The number of alkyl halides is 3. The smallest absolute Gasteiger partial charge is 0.423 e. The van der Waals surface area contributed by atoms with E-state index in [1.165, 1.54) is 18.2 Å². The zero-order valence-corrected chi connectivity index (χ0v) is 20.1. The molecule has 0 aliphatic heterocycles. The molecule has 0 saturated heterocycles. The number of nitrogens with one attached hydrogen (secondary N) is 1. The van der Waals surface area contributed by atoms with Crippen molar-refractivity contribution in [1.82, 2.24) is 0 Å². The Kier molecular flexibility index (Phi) is 7.43. The highest BCUT2D eigenvalue weighted by atomic mass is 19.4. The number of ether oxygens (including phenoxy) is 1. The second kappa shape index (κ2) is 10.7. The van der Waals surface area contributed by atoms with Crippen LogP contribution in [0.2, 0.25) is 0 Å². The molecule has 1 N–H and O–H groups in total. The van der Waals surface area contributed by atoms with Crippen LogP contribution in [0.5, 0.6) is 11.5 Å². The van der Waals surface area contributed by atoms with Gasteiger partial charge in [-0.05, 0) is 49.4 Å². The number of anilines is 1. The lowest BCUT2D eigenvalue weighted by Crippen LogP contribution is -2.17. The summed E-state index contributed by atoms with van der Waals surface area (Å²) in [6.45, 7) is 1.76. The van der Waals surface area contributed by atoms with Crippen molar-refractivity contribution >= 4 is 23.1 Å². The molecule has 0 unspecified atom stereocenters. The number of carbonyl (C=O) groups excluding carboxylic acids is 2. The molecule has 7 nitrogen and oxygen atoms in total. The van der Waals surface area contributed by atoms with E-state index < -0.39 is 62.4 Å². The van der Waals surface area contributed by atoms with E-state index in [2.05, 4.69) is 5.32 Å². The third-order valence-corrected chi connectivity index (χ3v) is 5.59. The fourth-order valence-corrected chi connectivity index (χ4v) is 3.76. The molecule has 0 bridgehead atoms. The lowest BCUT2D eigenvalue weighted by molar-refractivity contribution is -0.388. The summed E-state index contributed by atoms with van der Waals surface area (Å²) in [6.07, 6.45) is -5.07. The number of nitro benzene ring substituents is 1. The van der Waals surface area contributed by atoms with Crippen LogP contribution in [0.3, 0.4) is 0 Å². The van der Waals surface area contributed by atoms with Gasteiger partial charge in [0.1, 0.15) is 11.3 Å². The Labute approximate surface area is 218 Å². The number of nitro groups is 1. The number of carbonyl (C=O) groups is 2. The molecular formula is C28H18F4N2O5. The molecule has 0 spiro atoms. The van der Waals surface area contributed by atoms with Crippen LogP contribution < -0.4 is 10.1 Å². The minimum atomic E-state index is -5.07. The summed E-state index contributed by atoms with van der Waals surface area (Å²) < 4.78 is 61.5. The van der Waals surface area contributed by atoms with Gasteiger partial charge in [-0.25, -0.2) is 4.39 Å². The second-order valence-corrected chi connectivity index (χ2v) is 8.36. The van der Waals surface area contributed by atoms with Gasteiger partial charge in [-0.3, -0.25) is 19.7 Å². The molecule has 0 aliphatic rings. The maximum Gasteiger partial charge on any atom is 0.423 e. The number of para-hydroxylation sites is 1. The normalized spacial score (nSPS) is 11.1. The van der Waals surface area contributed by atoms with Crippen LogP contribution in [0, 0.1) is 22.9 Å². The summed E-state index contributed by atoms with van der Waals surface area (Å²) in [5, 5.41) is 13.2. The highest BCUT2D eigenvalue weighted by Gasteiger charge is 2.38. The summed E-state index contributed by atoms with van der Waals surface area (Å²) in [7, 11) is 0. The fourth-order valence-electron chi connectivity index (χ4n) is 3.76. The molecule has 1 amide bonds. The van der Waals surface area contributed by atoms with Crippen molar-refractivity contribution in [3.63, 3.8) is 0 Å². The van der Waals surface area contributed by atoms with Gasteiger partial charge >= 0.3 is 6.18 Å². The summed E-state index contributed by atoms with van der Waals surface area (Å²) >= 11 is 0. The quantitative estimate of drug-likeness (QED) is 0.115. The first-order valence-corrected chi connectivity index (χ1v) is 11.3. The Balaban J connectivity index is 1.76. The zero-order valence-electron chi connectivity index (χ0n) is 20.1. The van der Waals surface area contributed by atoms with E-state index in [1.807, 2.05) is 0 Å². The number of ketones is 1. The van der Waals surface area contributed by atoms with Crippen LogP contribution in [0.15, 0.2) is 84.9 Å². The molecule has 0 radical (unpaired) electrons. The Morgan fingerprint density at radius 2 is 1.59 bits per heavy atom. The van der Waals surface area contributed by atoms with Gasteiger partial charge in [-0.1, -0.05) is 42.0 Å². The van der Waals surface area contributed by atoms with Gasteiger partial charge in [0.25, 0.3) is 11.6 Å². The van der Waals surface area contributed by atoms with Crippen LogP contribution in [0.25, 0.3) is 0 Å². The Hall–Kier alpha value is -5.06. The summed E-state index contributed by atoms with van der Waals surface area (Å²) in [6, 6.07) is 18.3. The first kappa shape index (κ1) is 27.0. The molecule has 4 aromatic carbocycles. The van der Waals surface area contributed by atoms with E-state index in [-0.39, 0.29) is 11.3 Å². The third-order valence-electron chi connectivity index (χ3n) is 5.59. The van der Waals surface area contributed by atoms with Crippen LogP contribution in [0.4, 0.5) is 28.9 Å². The van der Waals surface area contributed by atoms with Gasteiger partial charge < -0.3 is 10.1 Å². The monoisotopic (exact) mass is 538 g/mol. The molecule has 0 atom stereocenters. The highest BCUT2D eigenvalue weighted by Crippen LogP contribution is 2.38. The van der Waals surface area contributed by atoms with E-state index >= 15 is 4.39 Å². The van der Waals surface area contributed by atoms with Crippen molar-refractivity contribution in [2.24, 2.45) is 0 Å². The summed E-state index contributed by atoms with van der Waals surface area (Å²) in [5.41, 5.74) is -3.05. The number of benzene rings is 4. The highest BCUT2D eigenvalue weighted by molar-refractivity contribution is 6.11. The Morgan fingerprint density at radius 3 is 2.23 bits per heavy atom. The van der Waals surface area contributed by atoms with Gasteiger partial charge in [0.15, 0.2) is 17.3 Å². The van der Waals surface area contributed by atoms with Crippen LogP contribution in [0.1, 0.15) is 37.4 Å². The van der Waals surface area contributed by atoms with Gasteiger partial charge in [0.2, 0.25) is 0 Å². The molecule has 0 aromatic heterocycles. The van der Waals surface area contributed by atoms with Crippen molar-refractivity contribution in [3.05, 3.63) is 129 Å². The fraction of sp³-hybridized carbons (Fsp3) is 0.0714. The SMILES string of the molecule is Cc1cccc(C(=O)c2ccc(C(=O)Nc3ccc([N+](=O)[O-])c(C(F)(F)F)c3)c(Oc3ccccc3)c2F)c1. The molecule has 0 aliphatic carbocycles. The average Bonchev–Trinajstić information content (AvgIpc) is 2.89. The van der Waals surface area contributed by atoms with Crippen molar-refractivity contribution < 1.29 is 36.8 Å². The van der Waals surface area contributed by atoms with Crippen LogP contribution in [-0.4, -0.2) is 16.6 Å². The number of halogens is 4. The molecule has 0 fully saturated rings. The number of amides is 1. The topological polar surface area (TPSA) is 98.5 Å². The first-order chi connectivity index (χ1) is 18.5. The van der Waals surface area contributed by atoms with Gasteiger partial charge in [-0.2, -0.15) is 13.2 Å². The molecule has 39 heavy (non-hydrogen) atoms. The summed E-state index contributed by atoms with van der Waals surface area (Å²) in [4.78, 5) is 36.0.